The molecule has 0 bridgehead atoms. The van der Waals surface area contributed by atoms with Crippen molar-refractivity contribution >= 4 is 27.5 Å². The zero-order valence-electron chi connectivity index (χ0n) is 21.0. The standard InChI is InChI=1S/C26H37N3O4S/c1-7-21(5)27-26(31)24(8-2)28(17-22-11-9-10-20(4)16-22)25(30)18-29(34(6,32)33)23-14-12-19(3)13-15-23/h9-16,21,24H,7-8,17-18H2,1-6H3,(H,27,31). The number of nitrogens with one attached hydrogen (secondary N) is 1. The lowest BCUT2D eigenvalue weighted by atomic mass is 10.1. The van der Waals surface area contributed by atoms with Crippen molar-refractivity contribution in [1.82, 2.24) is 10.2 Å². The quantitative estimate of drug-likeness (QED) is 0.522. The summed E-state index contributed by atoms with van der Waals surface area (Å²) >= 11 is 0. The Hall–Kier alpha value is -2.87. The molecule has 0 saturated heterocycles. The van der Waals surface area contributed by atoms with Crippen LogP contribution in [0.25, 0.3) is 0 Å². The first kappa shape index (κ1) is 27.4. The monoisotopic (exact) mass is 487 g/mol. The van der Waals surface area contributed by atoms with Crippen LogP contribution in [-0.4, -0.2) is 50.0 Å². The van der Waals surface area contributed by atoms with E-state index < -0.39 is 22.0 Å². The maximum absolute atomic E-state index is 13.6. The minimum Gasteiger partial charge on any atom is -0.352 e. The van der Waals surface area contributed by atoms with Crippen molar-refractivity contribution in [1.29, 1.82) is 0 Å². The maximum atomic E-state index is 13.6. The number of anilines is 1. The highest BCUT2D eigenvalue weighted by Crippen LogP contribution is 2.20. The van der Waals surface area contributed by atoms with Gasteiger partial charge in [-0.25, -0.2) is 8.42 Å². The third-order valence-electron chi connectivity index (χ3n) is 5.82. The molecule has 2 unspecified atom stereocenters. The van der Waals surface area contributed by atoms with Gasteiger partial charge in [-0.05, 0) is 51.3 Å². The summed E-state index contributed by atoms with van der Waals surface area (Å²) in [7, 11) is -3.73. The molecule has 0 aliphatic carbocycles. The highest BCUT2D eigenvalue weighted by molar-refractivity contribution is 7.92. The van der Waals surface area contributed by atoms with Crippen LogP contribution in [0.15, 0.2) is 48.5 Å². The van der Waals surface area contributed by atoms with Gasteiger partial charge in [0.1, 0.15) is 12.6 Å². The number of nitrogens with zero attached hydrogens (tertiary/aromatic N) is 2. The lowest BCUT2D eigenvalue weighted by Crippen LogP contribution is -2.53. The number of hydrogen-bond acceptors (Lipinski definition) is 4. The van der Waals surface area contributed by atoms with Gasteiger partial charge in [-0.2, -0.15) is 0 Å². The zero-order valence-corrected chi connectivity index (χ0v) is 21.9. The van der Waals surface area contributed by atoms with E-state index in [0.29, 0.717) is 12.1 Å². The van der Waals surface area contributed by atoms with Gasteiger partial charge in [0.05, 0.1) is 11.9 Å². The molecule has 2 aromatic rings. The Morgan fingerprint density at radius 2 is 1.62 bits per heavy atom. The Morgan fingerprint density at radius 1 is 0.971 bits per heavy atom. The molecule has 2 rings (SSSR count). The van der Waals surface area contributed by atoms with Gasteiger partial charge in [0, 0.05) is 12.6 Å². The molecular weight excluding hydrogens is 450 g/mol. The summed E-state index contributed by atoms with van der Waals surface area (Å²) in [5, 5.41) is 2.97. The molecule has 0 aliphatic rings. The van der Waals surface area contributed by atoms with Crippen molar-refractivity contribution in [3.63, 3.8) is 0 Å². The van der Waals surface area contributed by atoms with Crippen molar-refractivity contribution in [3.8, 4) is 0 Å². The molecule has 8 heteroatoms. The topological polar surface area (TPSA) is 86.8 Å². The summed E-state index contributed by atoms with van der Waals surface area (Å²) < 4.78 is 26.3. The highest BCUT2D eigenvalue weighted by Gasteiger charge is 2.32. The van der Waals surface area contributed by atoms with E-state index in [1.165, 1.54) is 4.90 Å². The normalized spacial score (nSPS) is 13.1. The molecule has 186 valence electrons. The summed E-state index contributed by atoms with van der Waals surface area (Å²) in [4.78, 5) is 28.2. The van der Waals surface area contributed by atoms with E-state index in [0.717, 1.165) is 33.7 Å². The van der Waals surface area contributed by atoms with Crippen LogP contribution in [0.5, 0.6) is 0 Å². The Morgan fingerprint density at radius 3 is 2.15 bits per heavy atom. The minimum absolute atomic E-state index is 0.0300. The summed E-state index contributed by atoms with van der Waals surface area (Å²) in [6.45, 7) is 9.44. The largest absolute Gasteiger partial charge is 0.352 e. The molecule has 0 aliphatic heterocycles. The lowest BCUT2D eigenvalue weighted by molar-refractivity contribution is -0.140. The van der Waals surface area contributed by atoms with Gasteiger partial charge < -0.3 is 10.2 Å². The van der Waals surface area contributed by atoms with Gasteiger partial charge in [0.25, 0.3) is 0 Å². The maximum Gasteiger partial charge on any atom is 0.244 e. The third kappa shape index (κ3) is 7.58. The molecule has 0 saturated carbocycles. The molecule has 0 aromatic heterocycles. The van der Waals surface area contributed by atoms with Crippen LogP contribution >= 0.6 is 0 Å². The molecule has 7 nitrogen and oxygen atoms in total. The molecular formula is C26H37N3O4S. The van der Waals surface area contributed by atoms with Crippen molar-refractivity contribution in [3.05, 3.63) is 65.2 Å². The molecule has 0 fully saturated rings. The third-order valence-corrected chi connectivity index (χ3v) is 6.96. The van der Waals surface area contributed by atoms with E-state index in [-0.39, 0.29) is 25.0 Å². The van der Waals surface area contributed by atoms with Gasteiger partial charge in [0.2, 0.25) is 21.8 Å². The highest BCUT2D eigenvalue weighted by atomic mass is 32.2. The molecule has 2 amide bonds. The van der Waals surface area contributed by atoms with Crippen LogP contribution < -0.4 is 9.62 Å². The van der Waals surface area contributed by atoms with Gasteiger partial charge in [-0.1, -0.05) is 61.4 Å². The van der Waals surface area contributed by atoms with E-state index in [1.807, 2.05) is 58.9 Å². The predicted octanol–water partition coefficient (Wildman–Crippen LogP) is 3.79. The number of hydrogen-bond donors (Lipinski definition) is 1. The van der Waals surface area contributed by atoms with Crippen LogP contribution in [0.1, 0.15) is 50.3 Å². The van der Waals surface area contributed by atoms with E-state index in [9.17, 15) is 18.0 Å². The van der Waals surface area contributed by atoms with Crippen molar-refractivity contribution in [2.45, 2.75) is 66.1 Å². The van der Waals surface area contributed by atoms with Gasteiger partial charge >= 0.3 is 0 Å². The fourth-order valence-electron chi connectivity index (χ4n) is 3.69. The number of aryl methyl sites for hydroxylation is 2. The fraction of sp³-hybridized carbons (Fsp3) is 0.462. The van der Waals surface area contributed by atoms with Crippen LogP contribution in [0.3, 0.4) is 0 Å². The van der Waals surface area contributed by atoms with Gasteiger partial charge in [0.15, 0.2) is 0 Å². The molecule has 0 spiro atoms. The smallest absolute Gasteiger partial charge is 0.244 e. The number of carbonyl (C=O) groups excluding carboxylic acids is 2. The first-order chi connectivity index (χ1) is 16.0. The number of amides is 2. The molecule has 0 heterocycles. The fourth-order valence-corrected chi connectivity index (χ4v) is 4.54. The van der Waals surface area contributed by atoms with Crippen molar-refractivity contribution in [2.75, 3.05) is 17.1 Å². The van der Waals surface area contributed by atoms with Crippen LogP contribution in [0.4, 0.5) is 5.69 Å². The zero-order chi connectivity index (χ0) is 25.5. The van der Waals surface area contributed by atoms with E-state index >= 15 is 0 Å². The minimum atomic E-state index is -3.73. The Labute approximate surface area is 204 Å². The number of rotatable bonds is 11. The van der Waals surface area contributed by atoms with Crippen LogP contribution in [0, 0.1) is 13.8 Å². The lowest BCUT2D eigenvalue weighted by Gasteiger charge is -2.33. The second kappa shape index (κ2) is 12.0. The molecule has 34 heavy (non-hydrogen) atoms. The summed E-state index contributed by atoms with van der Waals surface area (Å²) in [6.07, 6.45) is 2.25. The van der Waals surface area contributed by atoms with Gasteiger partial charge in [-0.15, -0.1) is 0 Å². The molecule has 2 aromatic carbocycles. The average molecular weight is 488 g/mol. The van der Waals surface area contributed by atoms with Crippen molar-refractivity contribution < 1.29 is 18.0 Å². The summed E-state index contributed by atoms with van der Waals surface area (Å²) in [6, 6.07) is 14.0. The van der Waals surface area contributed by atoms with Crippen LogP contribution in [-0.2, 0) is 26.2 Å². The molecule has 1 N–H and O–H groups in total. The number of benzene rings is 2. The molecule has 0 radical (unpaired) electrons. The number of sulfonamides is 1. The Balaban J connectivity index is 2.43. The van der Waals surface area contributed by atoms with Crippen molar-refractivity contribution in [2.24, 2.45) is 0 Å². The Kier molecular flexibility index (Phi) is 9.67. The molecule has 2 atom stereocenters. The second-order valence-corrected chi connectivity index (χ2v) is 10.8. The summed E-state index contributed by atoms with van der Waals surface area (Å²) in [5.41, 5.74) is 3.32. The Bertz CT molecular complexity index is 1080. The van der Waals surface area contributed by atoms with E-state index in [2.05, 4.69) is 5.32 Å². The first-order valence-electron chi connectivity index (χ1n) is 11.7. The average Bonchev–Trinajstić information content (AvgIpc) is 2.77. The summed E-state index contributed by atoms with van der Waals surface area (Å²) in [5.74, 6) is -0.669. The predicted molar refractivity (Wildman–Crippen MR) is 137 cm³/mol. The first-order valence-corrected chi connectivity index (χ1v) is 13.5. The SMILES string of the molecule is CCC(C)NC(=O)C(CC)N(Cc1cccc(C)c1)C(=O)CN(c1ccc(C)cc1)S(C)(=O)=O. The second-order valence-electron chi connectivity index (χ2n) is 8.86. The van der Waals surface area contributed by atoms with Gasteiger partial charge in [-0.3, -0.25) is 13.9 Å². The number of carbonyl (C=O) groups is 2. The van der Waals surface area contributed by atoms with E-state index in [1.54, 1.807) is 24.3 Å². The van der Waals surface area contributed by atoms with Crippen LogP contribution in [0.2, 0.25) is 0 Å². The van der Waals surface area contributed by atoms with E-state index in [4.69, 9.17) is 0 Å².